The Morgan fingerprint density at radius 2 is 2.26 bits per heavy atom. The number of guanidine groups is 1. The van der Waals surface area contributed by atoms with Gasteiger partial charge in [0.1, 0.15) is 12.4 Å². The molecule has 2 rings (SSSR count). The zero-order valence-electron chi connectivity index (χ0n) is 11.1. The maximum atomic E-state index is 5.62. The van der Waals surface area contributed by atoms with Crippen LogP contribution in [0, 0.1) is 0 Å². The van der Waals surface area contributed by atoms with Crippen LogP contribution in [0.3, 0.4) is 0 Å². The highest BCUT2D eigenvalue weighted by atomic mass is 127. The summed E-state index contributed by atoms with van der Waals surface area (Å²) < 4.78 is 5.62. The van der Waals surface area contributed by atoms with Gasteiger partial charge in [-0.1, -0.05) is 30.9 Å². The van der Waals surface area contributed by atoms with Crippen LogP contribution in [0.15, 0.2) is 41.9 Å². The van der Waals surface area contributed by atoms with Crippen molar-refractivity contribution in [1.29, 1.82) is 0 Å². The van der Waals surface area contributed by atoms with E-state index in [1.165, 1.54) is 0 Å². The Morgan fingerprint density at radius 1 is 1.47 bits per heavy atom. The Balaban J connectivity index is 0.00000180. The predicted molar refractivity (Wildman–Crippen MR) is 89.3 cm³/mol. The van der Waals surface area contributed by atoms with E-state index in [0.717, 1.165) is 36.9 Å². The van der Waals surface area contributed by atoms with E-state index in [9.17, 15) is 0 Å². The highest BCUT2D eigenvalue weighted by molar-refractivity contribution is 14.0. The molecule has 5 heteroatoms. The lowest BCUT2D eigenvalue weighted by Gasteiger charge is -2.16. The number of aliphatic imine (C=N–C) groups is 1. The average Bonchev–Trinajstić information content (AvgIpc) is 2.80. The molecule has 0 bridgehead atoms. The first kappa shape index (κ1) is 15.8. The van der Waals surface area contributed by atoms with Crippen LogP contribution in [0.5, 0.6) is 5.75 Å². The molecule has 1 aliphatic rings. The van der Waals surface area contributed by atoms with E-state index in [1.807, 2.05) is 25.2 Å². The minimum atomic E-state index is 0. The van der Waals surface area contributed by atoms with Crippen LogP contribution in [0.4, 0.5) is 0 Å². The fourth-order valence-corrected chi connectivity index (χ4v) is 1.84. The number of rotatable bonds is 5. The maximum absolute atomic E-state index is 5.62. The minimum absolute atomic E-state index is 0. The molecule has 1 aromatic carbocycles. The first-order valence-electron chi connectivity index (χ1n) is 6.12. The van der Waals surface area contributed by atoms with E-state index in [0.29, 0.717) is 6.61 Å². The van der Waals surface area contributed by atoms with Crippen LogP contribution in [0.1, 0.15) is 5.56 Å². The fourth-order valence-electron chi connectivity index (χ4n) is 1.84. The van der Waals surface area contributed by atoms with E-state index in [1.54, 1.807) is 6.08 Å². The molecule has 0 saturated carbocycles. The molecule has 0 saturated heterocycles. The average molecular weight is 373 g/mol. The second kappa shape index (κ2) is 8.04. The number of ether oxygens (including phenoxy) is 1. The van der Waals surface area contributed by atoms with Gasteiger partial charge in [-0.25, -0.2) is 0 Å². The smallest absolute Gasteiger partial charge is 0.194 e. The number of nitrogens with one attached hydrogen (secondary N) is 1. The second-order valence-corrected chi connectivity index (χ2v) is 4.19. The number of likely N-dealkylation sites (N-methyl/N-ethyl adjacent to an activating group) is 1. The molecule has 19 heavy (non-hydrogen) atoms. The molecule has 0 fully saturated rings. The Kier molecular flexibility index (Phi) is 6.69. The number of nitrogens with zero attached hydrogens (tertiary/aromatic N) is 2. The first-order chi connectivity index (χ1) is 8.81. The number of hydrogen-bond acceptors (Lipinski definition) is 4. The van der Waals surface area contributed by atoms with Crippen molar-refractivity contribution in [2.75, 3.05) is 26.7 Å². The third kappa shape index (κ3) is 4.41. The molecule has 0 spiro atoms. The van der Waals surface area contributed by atoms with Crippen LogP contribution in [-0.2, 0) is 6.54 Å². The van der Waals surface area contributed by atoms with E-state index in [2.05, 4.69) is 27.9 Å². The maximum Gasteiger partial charge on any atom is 0.194 e. The monoisotopic (exact) mass is 373 g/mol. The van der Waals surface area contributed by atoms with Gasteiger partial charge in [-0.15, -0.1) is 24.0 Å². The quantitative estimate of drug-likeness (QED) is 0.636. The molecule has 0 aliphatic carbocycles. The Labute approximate surface area is 131 Å². The van der Waals surface area contributed by atoms with Gasteiger partial charge in [-0.2, -0.15) is 0 Å². The molecule has 1 aliphatic heterocycles. The molecule has 0 radical (unpaired) electrons. The van der Waals surface area contributed by atoms with Crippen LogP contribution in [0.2, 0.25) is 0 Å². The third-order valence-corrected chi connectivity index (χ3v) is 2.82. The van der Waals surface area contributed by atoms with Crippen molar-refractivity contribution in [3.05, 3.63) is 42.5 Å². The molecule has 0 aromatic heterocycles. The van der Waals surface area contributed by atoms with E-state index in [4.69, 9.17) is 4.74 Å². The summed E-state index contributed by atoms with van der Waals surface area (Å²) in [6.07, 6.45) is 1.75. The normalized spacial score (nSPS) is 13.5. The Hall–Kier alpha value is -1.24. The predicted octanol–water partition coefficient (Wildman–Crippen LogP) is 2.26. The lowest BCUT2D eigenvalue weighted by molar-refractivity contribution is 0.358. The summed E-state index contributed by atoms with van der Waals surface area (Å²) in [7, 11) is 2.04. The van der Waals surface area contributed by atoms with Crippen molar-refractivity contribution in [1.82, 2.24) is 10.2 Å². The van der Waals surface area contributed by atoms with Gasteiger partial charge in [-0.05, 0) is 6.07 Å². The van der Waals surface area contributed by atoms with Crippen molar-refractivity contribution >= 4 is 29.9 Å². The molecular formula is C14H20IN3O. The van der Waals surface area contributed by atoms with E-state index < -0.39 is 0 Å². The fraction of sp³-hybridized carbons (Fsp3) is 0.357. The van der Waals surface area contributed by atoms with E-state index >= 15 is 0 Å². The topological polar surface area (TPSA) is 36.9 Å². The highest BCUT2D eigenvalue weighted by Crippen LogP contribution is 2.17. The Bertz CT molecular complexity index is 448. The molecule has 1 N–H and O–H groups in total. The standard InChI is InChI=1S/C14H19N3O.HI/c1-3-10-18-13-7-5-4-6-12(13)11-16-14-15-8-9-17(14)2;/h3-7H,1,8-11H2,2H3,(H,15,16);1H. The zero-order valence-corrected chi connectivity index (χ0v) is 13.5. The Morgan fingerprint density at radius 3 is 2.95 bits per heavy atom. The molecule has 4 nitrogen and oxygen atoms in total. The van der Waals surface area contributed by atoms with Crippen molar-refractivity contribution < 1.29 is 4.74 Å². The molecule has 0 unspecified atom stereocenters. The number of halogens is 1. The van der Waals surface area contributed by atoms with Crippen molar-refractivity contribution in [2.24, 2.45) is 4.99 Å². The van der Waals surface area contributed by atoms with Gasteiger partial charge in [0.15, 0.2) is 5.96 Å². The van der Waals surface area contributed by atoms with Crippen molar-refractivity contribution in [3.63, 3.8) is 0 Å². The highest BCUT2D eigenvalue weighted by Gasteiger charge is 2.12. The molecule has 1 aromatic rings. The van der Waals surface area contributed by atoms with Gasteiger partial charge >= 0.3 is 0 Å². The molecular weight excluding hydrogens is 353 g/mol. The van der Waals surface area contributed by atoms with Gasteiger partial charge in [0, 0.05) is 25.7 Å². The lowest BCUT2D eigenvalue weighted by Crippen LogP contribution is -2.35. The molecule has 0 amide bonds. The van der Waals surface area contributed by atoms with Crippen LogP contribution >= 0.6 is 24.0 Å². The van der Waals surface area contributed by atoms with E-state index in [-0.39, 0.29) is 24.0 Å². The summed E-state index contributed by atoms with van der Waals surface area (Å²) >= 11 is 0. The van der Waals surface area contributed by atoms with Crippen LogP contribution in [-0.4, -0.2) is 37.6 Å². The van der Waals surface area contributed by atoms with Crippen molar-refractivity contribution in [2.45, 2.75) is 6.54 Å². The summed E-state index contributed by atoms with van der Waals surface area (Å²) in [5, 5.41) is 3.33. The van der Waals surface area contributed by atoms with Gasteiger partial charge in [0.25, 0.3) is 0 Å². The summed E-state index contributed by atoms with van der Waals surface area (Å²) in [5.41, 5.74) is 1.13. The second-order valence-electron chi connectivity index (χ2n) is 4.19. The molecule has 0 atom stereocenters. The van der Waals surface area contributed by atoms with Crippen molar-refractivity contribution in [3.8, 4) is 5.75 Å². The largest absolute Gasteiger partial charge is 0.489 e. The lowest BCUT2D eigenvalue weighted by atomic mass is 10.2. The summed E-state index contributed by atoms with van der Waals surface area (Å²) in [6, 6.07) is 8.01. The van der Waals surface area contributed by atoms with Gasteiger partial charge in [-0.3, -0.25) is 4.99 Å². The number of benzene rings is 1. The molecule has 1 heterocycles. The minimum Gasteiger partial charge on any atom is -0.489 e. The van der Waals surface area contributed by atoms with Gasteiger partial charge in [0.2, 0.25) is 0 Å². The molecule has 104 valence electrons. The SMILES string of the molecule is C=CCOc1ccccc1CNC1=NCCN1C.I. The summed E-state index contributed by atoms with van der Waals surface area (Å²) in [6.45, 7) is 6.75. The summed E-state index contributed by atoms with van der Waals surface area (Å²) in [5.74, 6) is 1.85. The zero-order chi connectivity index (χ0) is 12.8. The number of para-hydroxylation sites is 1. The van der Waals surface area contributed by atoms with Crippen LogP contribution in [0.25, 0.3) is 0 Å². The number of hydrogen-bond donors (Lipinski definition) is 1. The van der Waals surface area contributed by atoms with Crippen LogP contribution < -0.4 is 10.1 Å². The van der Waals surface area contributed by atoms with Gasteiger partial charge in [0.05, 0.1) is 6.54 Å². The summed E-state index contributed by atoms with van der Waals surface area (Å²) in [4.78, 5) is 6.52. The third-order valence-electron chi connectivity index (χ3n) is 2.82. The van der Waals surface area contributed by atoms with Gasteiger partial charge < -0.3 is 15.0 Å². The first-order valence-corrected chi connectivity index (χ1v) is 6.12.